The summed E-state index contributed by atoms with van der Waals surface area (Å²) in [6.45, 7) is 6.16. The van der Waals surface area contributed by atoms with Crippen LogP contribution < -0.4 is 9.64 Å². The van der Waals surface area contributed by atoms with Crippen LogP contribution in [0.25, 0.3) is 0 Å². The van der Waals surface area contributed by atoms with Gasteiger partial charge in [0, 0.05) is 37.9 Å². The largest absolute Gasteiger partial charge is 0.484 e. The van der Waals surface area contributed by atoms with E-state index in [0.717, 1.165) is 18.8 Å². The monoisotopic (exact) mass is 425 g/mol. The molecule has 2 heterocycles. The van der Waals surface area contributed by atoms with Crippen LogP contribution in [0, 0.1) is 0 Å². The van der Waals surface area contributed by atoms with Crippen molar-refractivity contribution >= 4 is 23.5 Å². The lowest BCUT2D eigenvalue weighted by atomic mass is 10.1. The molecule has 2 aromatic rings. The molecule has 1 fully saturated rings. The van der Waals surface area contributed by atoms with Crippen molar-refractivity contribution in [3.8, 4) is 5.75 Å². The average molecular weight is 425 g/mol. The van der Waals surface area contributed by atoms with E-state index in [2.05, 4.69) is 9.88 Å². The second kappa shape index (κ2) is 10.6. The number of nitrogens with zero attached hydrogens (tertiary/aromatic N) is 3. The summed E-state index contributed by atoms with van der Waals surface area (Å²) in [6, 6.07) is 10.3. The van der Waals surface area contributed by atoms with Gasteiger partial charge in [-0.3, -0.25) is 9.59 Å². The van der Waals surface area contributed by atoms with Crippen molar-refractivity contribution in [1.82, 2.24) is 9.88 Å². The van der Waals surface area contributed by atoms with Crippen LogP contribution in [-0.4, -0.2) is 66.9 Å². The molecule has 3 rings (SSSR count). The molecule has 0 bridgehead atoms. The van der Waals surface area contributed by atoms with E-state index in [1.165, 1.54) is 13.1 Å². The molecule has 1 saturated heterocycles. The van der Waals surface area contributed by atoms with Gasteiger partial charge in [0.15, 0.2) is 12.4 Å². The van der Waals surface area contributed by atoms with Gasteiger partial charge in [-0.25, -0.2) is 9.78 Å². The summed E-state index contributed by atoms with van der Waals surface area (Å²) in [4.78, 5) is 44.0. The Morgan fingerprint density at radius 2 is 1.71 bits per heavy atom. The number of esters is 1. The molecular weight excluding hydrogens is 398 g/mol. The van der Waals surface area contributed by atoms with Crippen LogP contribution in [-0.2, 0) is 9.53 Å². The lowest BCUT2D eigenvalue weighted by Crippen LogP contribution is -2.38. The van der Waals surface area contributed by atoms with E-state index >= 15 is 0 Å². The Morgan fingerprint density at radius 3 is 2.35 bits per heavy atom. The molecule has 8 nitrogen and oxygen atoms in total. The van der Waals surface area contributed by atoms with Gasteiger partial charge in [-0.1, -0.05) is 0 Å². The highest BCUT2D eigenvalue weighted by Crippen LogP contribution is 2.16. The van der Waals surface area contributed by atoms with Gasteiger partial charge in [-0.2, -0.15) is 0 Å². The van der Waals surface area contributed by atoms with E-state index < -0.39 is 0 Å². The molecule has 1 aromatic carbocycles. The predicted octanol–water partition coefficient (Wildman–Crippen LogP) is 2.58. The number of hydrogen-bond donors (Lipinski definition) is 0. The van der Waals surface area contributed by atoms with Gasteiger partial charge in [0.2, 0.25) is 0 Å². The highest BCUT2D eigenvalue weighted by molar-refractivity contribution is 5.94. The van der Waals surface area contributed by atoms with E-state index in [1.54, 1.807) is 48.2 Å². The zero-order chi connectivity index (χ0) is 22.2. The van der Waals surface area contributed by atoms with Crippen molar-refractivity contribution in [2.24, 2.45) is 0 Å². The molecular formula is C23H27N3O5. The predicted molar refractivity (Wildman–Crippen MR) is 116 cm³/mol. The molecule has 0 atom stereocenters. The van der Waals surface area contributed by atoms with E-state index in [1.807, 2.05) is 0 Å². The Labute approximate surface area is 181 Å². The summed E-state index contributed by atoms with van der Waals surface area (Å²) in [7, 11) is 0. The number of anilines is 1. The lowest BCUT2D eigenvalue weighted by molar-refractivity contribution is -0.133. The van der Waals surface area contributed by atoms with E-state index in [9.17, 15) is 14.4 Å². The van der Waals surface area contributed by atoms with Gasteiger partial charge in [-0.05, 0) is 56.7 Å². The van der Waals surface area contributed by atoms with Crippen LogP contribution in [0.2, 0.25) is 0 Å². The summed E-state index contributed by atoms with van der Waals surface area (Å²) in [5.41, 5.74) is 1.03. The molecule has 1 amide bonds. The number of amides is 1. The van der Waals surface area contributed by atoms with Gasteiger partial charge in [-0.15, -0.1) is 0 Å². The van der Waals surface area contributed by atoms with Crippen LogP contribution in [0.5, 0.6) is 5.75 Å². The number of carbonyl (C=O) groups excluding carboxylic acids is 3. The van der Waals surface area contributed by atoms with Crippen LogP contribution in [0.4, 0.5) is 5.82 Å². The van der Waals surface area contributed by atoms with Crippen molar-refractivity contribution in [1.29, 1.82) is 0 Å². The minimum atomic E-state index is -0.384. The first kappa shape index (κ1) is 22.3. The number of ketones is 1. The molecule has 0 saturated carbocycles. The third-order valence-electron chi connectivity index (χ3n) is 5.05. The smallest absolute Gasteiger partial charge is 0.339 e. The molecule has 31 heavy (non-hydrogen) atoms. The average Bonchev–Trinajstić information content (AvgIpc) is 3.04. The second-order valence-corrected chi connectivity index (χ2v) is 7.22. The van der Waals surface area contributed by atoms with Gasteiger partial charge in [0.05, 0.1) is 12.2 Å². The Balaban J connectivity index is 1.51. The maximum atomic E-state index is 12.6. The zero-order valence-corrected chi connectivity index (χ0v) is 17.9. The maximum absolute atomic E-state index is 12.6. The third kappa shape index (κ3) is 6.04. The molecule has 164 valence electrons. The Bertz CT molecular complexity index is 912. The summed E-state index contributed by atoms with van der Waals surface area (Å²) < 4.78 is 10.6. The fourth-order valence-corrected chi connectivity index (χ4v) is 3.33. The first-order chi connectivity index (χ1) is 15.0. The summed E-state index contributed by atoms with van der Waals surface area (Å²) >= 11 is 0. The van der Waals surface area contributed by atoms with Crippen molar-refractivity contribution in [3.63, 3.8) is 0 Å². The van der Waals surface area contributed by atoms with Gasteiger partial charge in [0.1, 0.15) is 11.6 Å². The summed E-state index contributed by atoms with van der Waals surface area (Å²) in [5.74, 6) is 0.847. The summed E-state index contributed by atoms with van der Waals surface area (Å²) in [5, 5.41) is 0. The SMILES string of the molecule is CCOC(=O)c1ccc(N2CCCN(C(=O)COc3ccc(C(C)=O)cc3)CC2)nc1. The standard InChI is InChI=1S/C23H27N3O5/c1-3-30-23(29)19-7-10-21(24-15-19)25-11-4-12-26(14-13-25)22(28)16-31-20-8-5-18(6-9-20)17(2)27/h5-10,15H,3-4,11-14,16H2,1-2H3. The molecule has 0 unspecified atom stereocenters. The first-order valence-electron chi connectivity index (χ1n) is 10.4. The number of ether oxygens (including phenoxy) is 2. The molecule has 0 aliphatic carbocycles. The molecule has 0 spiro atoms. The number of rotatable bonds is 7. The van der Waals surface area contributed by atoms with Crippen molar-refractivity contribution in [2.75, 3.05) is 44.3 Å². The normalized spacial score (nSPS) is 14.0. The fourth-order valence-electron chi connectivity index (χ4n) is 3.33. The molecule has 8 heteroatoms. The maximum Gasteiger partial charge on any atom is 0.339 e. The summed E-state index contributed by atoms with van der Waals surface area (Å²) in [6.07, 6.45) is 2.33. The van der Waals surface area contributed by atoms with E-state index in [-0.39, 0.29) is 24.3 Å². The lowest BCUT2D eigenvalue weighted by Gasteiger charge is -2.23. The van der Waals surface area contributed by atoms with Crippen molar-refractivity contribution in [3.05, 3.63) is 53.7 Å². The number of carbonyl (C=O) groups is 3. The van der Waals surface area contributed by atoms with E-state index in [0.29, 0.717) is 43.1 Å². The second-order valence-electron chi connectivity index (χ2n) is 7.22. The Hall–Kier alpha value is -3.42. The minimum Gasteiger partial charge on any atom is -0.484 e. The van der Waals surface area contributed by atoms with Crippen LogP contribution in [0.1, 0.15) is 41.0 Å². The minimum absolute atomic E-state index is 0.0123. The fraction of sp³-hybridized carbons (Fsp3) is 0.391. The number of aromatic nitrogens is 1. The third-order valence-corrected chi connectivity index (χ3v) is 5.05. The van der Waals surface area contributed by atoms with Crippen molar-refractivity contribution < 1.29 is 23.9 Å². The van der Waals surface area contributed by atoms with Crippen LogP contribution in [0.15, 0.2) is 42.6 Å². The number of benzene rings is 1. The zero-order valence-electron chi connectivity index (χ0n) is 17.9. The number of pyridine rings is 1. The van der Waals surface area contributed by atoms with Crippen LogP contribution >= 0.6 is 0 Å². The topological polar surface area (TPSA) is 89.0 Å². The van der Waals surface area contributed by atoms with E-state index in [4.69, 9.17) is 9.47 Å². The molecule has 1 aliphatic rings. The van der Waals surface area contributed by atoms with Crippen molar-refractivity contribution in [2.45, 2.75) is 20.3 Å². The van der Waals surface area contributed by atoms with Gasteiger partial charge < -0.3 is 19.3 Å². The quantitative estimate of drug-likeness (QED) is 0.498. The van der Waals surface area contributed by atoms with Crippen LogP contribution in [0.3, 0.4) is 0 Å². The number of Topliss-reactive ketones (excluding diaryl/α,β-unsaturated/α-hetero) is 1. The Kier molecular flexibility index (Phi) is 7.59. The highest BCUT2D eigenvalue weighted by Gasteiger charge is 2.20. The Morgan fingerprint density at radius 1 is 0.968 bits per heavy atom. The van der Waals surface area contributed by atoms with Gasteiger partial charge >= 0.3 is 5.97 Å². The number of hydrogen-bond acceptors (Lipinski definition) is 7. The molecule has 1 aliphatic heterocycles. The first-order valence-corrected chi connectivity index (χ1v) is 10.4. The van der Waals surface area contributed by atoms with Gasteiger partial charge in [0.25, 0.3) is 5.91 Å². The molecule has 1 aromatic heterocycles. The molecule has 0 radical (unpaired) electrons. The highest BCUT2D eigenvalue weighted by atomic mass is 16.5. The molecule has 0 N–H and O–H groups in total.